The number of aliphatic hydroxyl groups excluding tert-OH is 1. The van der Waals surface area contributed by atoms with E-state index in [9.17, 15) is 10.3 Å². The lowest BCUT2D eigenvalue weighted by molar-refractivity contribution is 0.195. The van der Waals surface area contributed by atoms with E-state index in [-0.39, 0.29) is 22.5 Å². The van der Waals surface area contributed by atoms with E-state index in [1.54, 1.807) is 24.4 Å². The molecule has 158 valence electrons. The summed E-state index contributed by atoms with van der Waals surface area (Å²) in [6, 6.07) is 12.4. The summed E-state index contributed by atoms with van der Waals surface area (Å²) in [6.07, 6.45) is 3.50. The van der Waals surface area contributed by atoms with Gasteiger partial charge in [-0.05, 0) is 42.2 Å². The fourth-order valence-corrected chi connectivity index (χ4v) is 4.60. The molecule has 0 aliphatic rings. The molecule has 0 amide bonds. The van der Waals surface area contributed by atoms with Gasteiger partial charge in [-0.2, -0.15) is 4.73 Å². The molecule has 0 fully saturated rings. The average Bonchev–Trinajstić information content (AvgIpc) is 3.10. The number of imidazole rings is 1. The van der Waals surface area contributed by atoms with Gasteiger partial charge in [0.05, 0.1) is 27.9 Å². The predicted octanol–water partition coefficient (Wildman–Crippen LogP) is 6.19. The van der Waals surface area contributed by atoms with Gasteiger partial charge in [-0.15, -0.1) is 0 Å². The van der Waals surface area contributed by atoms with Gasteiger partial charge in [0.1, 0.15) is 11.4 Å². The summed E-state index contributed by atoms with van der Waals surface area (Å²) in [6.45, 7) is -0.208. The molecule has 0 aliphatic carbocycles. The van der Waals surface area contributed by atoms with Crippen molar-refractivity contribution in [2.45, 2.75) is 11.8 Å². The normalized spacial score (nSPS) is 11.1. The minimum Gasteiger partial charge on any atom is -0.426 e. The van der Waals surface area contributed by atoms with Gasteiger partial charge in [0, 0.05) is 16.2 Å². The summed E-state index contributed by atoms with van der Waals surface area (Å²) in [5, 5.41) is 21.7. The number of thioether (sulfide) groups is 1. The molecule has 4 rings (SSSR count). The van der Waals surface area contributed by atoms with Gasteiger partial charge in [0.25, 0.3) is 0 Å². The van der Waals surface area contributed by atoms with Gasteiger partial charge in [-0.25, -0.2) is 15.0 Å². The van der Waals surface area contributed by atoms with Crippen LogP contribution in [-0.4, -0.2) is 36.3 Å². The number of halogens is 3. The van der Waals surface area contributed by atoms with Crippen molar-refractivity contribution in [3.63, 3.8) is 0 Å². The lowest BCUT2D eigenvalue weighted by atomic mass is 10.1. The van der Waals surface area contributed by atoms with Crippen molar-refractivity contribution < 1.29 is 10.3 Å². The monoisotopic (exact) mass is 536 g/mol. The molecular weight excluding hydrogens is 523 g/mol. The van der Waals surface area contributed by atoms with Gasteiger partial charge in [-0.3, -0.25) is 0 Å². The Bertz CT molecular complexity index is 1260. The molecule has 31 heavy (non-hydrogen) atoms. The lowest BCUT2D eigenvalue weighted by Gasteiger charge is -2.09. The second-order valence-electron chi connectivity index (χ2n) is 6.48. The first kappa shape index (κ1) is 22.1. The quantitative estimate of drug-likeness (QED) is 0.179. The molecule has 6 nitrogen and oxygen atoms in total. The van der Waals surface area contributed by atoms with E-state index in [2.05, 4.69) is 25.9 Å². The van der Waals surface area contributed by atoms with Gasteiger partial charge in [0.15, 0.2) is 11.0 Å². The Morgan fingerprint density at radius 3 is 2.48 bits per heavy atom. The molecule has 0 saturated carbocycles. The zero-order valence-corrected chi connectivity index (χ0v) is 20.0. The van der Waals surface area contributed by atoms with Crippen molar-refractivity contribution in [3.8, 4) is 34.0 Å². The van der Waals surface area contributed by atoms with Crippen molar-refractivity contribution in [2.24, 2.45) is 0 Å². The third-order valence-corrected chi connectivity index (χ3v) is 6.17. The number of rotatable bonds is 5. The third-order valence-electron chi connectivity index (χ3n) is 4.52. The van der Waals surface area contributed by atoms with Crippen LogP contribution in [0.4, 0.5) is 0 Å². The third kappa shape index (κ3) is 4.31. The van der Waals surface area contributed by atoms with Gasteiger partial charge in [0.2, 0.25) is 0 Å². The second-order valence-corrected chi connectivity index (χ2v) is 8.98. The Morgan fingerprint density at radius 1 is 1.10 bits per heavy atom. The van der Waals surface area contributed by atoms with Crippen molar-refractivity contribution in [3.05, 3.63) is 68.7 Å². The average molecular weight is 538 g/mol. The maximum atomic E-state index is 11.2. The Kier molecular flexibility index (Phi) is 6.55. The highest BCUT2D eigenvalue weighted by Gasteiger charge is 2.25. The first-order valence-electron chi connectivity index (χ1n) is 8.97. The zero-order valence-electron chi connectivity index (χ0n) is 16.1. The number of nitrogens with zero attached hydrogens (tertiary/aromatic N) is 4. The number of aliphatic hydroxyl groups is 1. The van der Waals surface area contributed by atoms with Crippen LogP contribution in [-0.2, 0) is 6.61 Å². The van der Waals surface area contributed by atoms with E-state index < -0.39 is 0 Å². The van der Waals surface area contributed by atoms with E-state index in [0.29, 0.717) is 33.4 Å². The van der Waals surface area contributed by atoms with Crippen LogP contribution in [0.15, 0.2) is 58.3 Å². The van der Waals surface area contributed by atoms with Crippen LogP contribution in [0.25, 0.3) is 34.0 Å². The molecule has 0 atom stereocenters. The predicted molar refractivity (Wildman–Crippen MR) is 127 cm³/mol. The number of benzene rings is 2. The Labute approximate surface area is 201 Å². The summed E-state index contributed by atoms with van der Waals surface area (Å²) in [4.78, 5) is 13.4. The van der Waals surface area contributed by atoms with E-state index in [1.807, 2.05) is 30.5 Å². The molecule has 0 aliphatic heterocycles. The minimum absolute atomic E-state index is 0.161. The van der Waals surface area contributed by atoms with Crippen LogP contribution in [0, 0.1) is 0 Å². The molecule has 2 heterocycles. The fraction of sp³-hybridized carbons (Fsp3) is 0.0952. The van der Waals surface area contributed by atoms with Crippen LogP contribution in [0.5, 0.6) is 0 Å². The van der Waals surface area contributed by atoms with Crippen molar-refractivity contribution in [1.29, 1.82) is 0 Å². The fourth-order valence-electron chi connectivity index (χ4n) is 3.14. The van der Waals surface area contributed by atoms with E-state index in [4.69, 9.17) is 28.2 Å². The zero-order chi connectivity index (χ0) is 22.1. The molecule has 4 aromatic rings. The Hall–Kier alpha value is -2.10. The van der Waals surface area contributed by atoms with Crippen LogP contribution in [0.3, 0.4) is 0 Å². The summed E-state index contributed by atoms with van der Waals surface area (Å²) in [5.74, 6) is 0.161. The van der Waals surface area contributed by atoms with Gasteiger partial charge < -0.3 is 10.3 Å². The van der Waals surface area contributed by atoms with Crippen molar-refractivity contribution >= 4 is 50.9 Å². The SMILES string of the molecule is CSc1nccc(-c2c(-c3cccc(Br)c3)nc(-c3c(Cl)cc(CO)cc3Cl)n2O)n1. The molecule has 0 bridgehead atoms. The van der Waals surface area contributed by atoms with E-state index in [0.717, 1.165) is 14.8 Å². The Morgan fingerprint density at radius 2 is 1.84 bits per heavy atom. The molecule has 0 saturated heterocycles. The van der Waals surface area contributed by atoms with Gasteiger partial charge in [-0.1, -0.05) is 63.0 Å². The standard InChI is InChI=1S/C21H15BrCl2N4O2S/c1-31-21-25-6-5-16(26-21)19-18(12-3-2-4-13(22)9-12)27-20(28(19)30)17-14(23)7-11(10-29)8-15(17)24/h2-9,29-30H,10H2,1H3. The maximum Gasteiger partial charge on any atom is 0.187 e. The molecule has 2 aromatic carbocycles. The molecular formula is C21H15BrCl2N4O2S. The first-order valence-corrected chi connectivity index (χ1v) is 11.7. The number of hydrogen-bond acceptors (Lipinski definition) is 6. The van der Waals surface area contributed by atoms with Crippen LogP contribution in [0.1, 0.15) is 5.56 Å². The number of aromatic nitrogens is 4. The highest BCUT2D eigenvalue weighted by molar-refractivity contribution is 9.10. The summed E-state index contributed by atoms with van der Waals surface area (Å²) in [5.41, 5.74) is 3.05. The van der Waals surface area contributed by atoms with E-state index in [1.165, 1.54) is 11.8 Å². The summed E-state index contributed by atoms with van der Waals surface area (Å²) in [7, 11) is 0. The van der Waals surface area contributed by atoms with Crippen LogP contribution in [0.2, 0.25) is 10.0 Å². The molecule has 2 N–H and O–H groups in total. The first-order chi connectivity index (χ1) is 14.9. The molecule has 0 spiro atoms. The summed E-state index contributed by atoms with van der Waals surface area (Å²) >= 11 is 17.8. The number of hydrogen-bond donors (Lipinski definition) is 2. The molecule has 10 heteroatoms. The van der Waals surface area contributed by atoms with E-state index >= 15 is 0 Å². The second kappa shape index (κ2) is 9.18. The summed E-state index contributed by atoms with van der Waals surface area (Å²) < 4.78 is 1.80. The van der Waals surface area contributed by atoms with Crippen molar-refractivity contribution in [2.75, 3.05) is 6.26 Å². The lowest BCUT2D eigenvalue weighted by Crippen LogP contribution is -2.01. The molecule has 0 unspecified atom stereocenters. The highest BCUT2D eigenvalue weighted by Crippen LogP contribution is 2.40. The maximum absolute atomic E-state index is 11.2. The van der Waals surface area contributed by atoms with Gasteiger partial charge >= 0.3 is 0 Å². The van der Waals surface area contributed by atoms with Crippen LogP contribution < -0.4 is 0 Å². The minimum atomic E-state index is -0.208. The molecule has 2 aromatic heterocycles. The topological polar surface area (TPSA) is 84.1 Å². The van der Waals surface area contributed by atoms with Crippen LogP contribution >= 0.6 is 50.9 Å². The molecule has 0 radical (unpaired) electrons. The Balaban J connectivity index is 2.02. The largest absolute Gasteiger partial charge is 0.426 e. The van der Waals surface area contributed by atoms with Crippen molar-refractivity contribution in [1.82, 2.24) is 19.7 Å². The highest BCUT2D eigenvalue weighted by atomic mass is 79.9. The smallest absolute Gasteiger partial charge is 0.187 e.